The number of nitrogens with zero attached hydrogens (tertiary/aromatic N) is 1. The third-order valence-corrected chi connectivity index (χ3v) is 3.79. The zero-order valence-electron chi connectivity index (χ0n) is 13.0. The van der Waals surface area contributed by atoms with E-state index in [1.165, 1.54) is 0 Å². The highest BCUT2D eigenvalue weighted by molar-refractivity contribution is 5.94. The molecule has 1 heterocycles. The molecule has 0 aliphatic heterocycles. The number of hydrogen-bond acceptors (Lipinski definition) is 4. The molecule has 1 fully saturated rings. The predicted octanol–water partition coefficient (Wildman–Crippen LogP) is 2.07. The van der Waals surface area contributed by atoms with Crippen molar-refractivity contribution in [3.05, 3.63) is 23.9 Å². The van der Waals surface area contributed by atoms with Gasteiger partial charge in [0.2, 0.25) is 5.91 Å². The van der Waals surface area contributed by atoms with Crippen molar-refractivity contribution in [1.29, 1.82) is 0 Å². The summed E-state index contributed by atoms with van der Waals surface area (Å²) < 4.78 is 0. The second kappa shape index (κ2) is 6.54. The maximum Gasteiger partial charge on any atom is 0.230 e. The van der Waals surface area contributed by atoms with E-state index < -0.39 is 5.41 Å². The Morgan fingerprint density at radius 2 is 2.19 bits per heavy atom. The summed E-state index contributed by atoms with van der Waals surface area (Å²) in [7, 11) is 0. The van der Waals surface area contributed by atoms with Crippen LogP contribution in [0.2, 0.25) is 0 Å². The van der Waals surface area contributed by atoms with E-state index in [4.69, 9.17) is 0 Å². The first-order chi connectivity index (χ1) is 9.86. The zero-order chi connectivity index (χ0) is 15.5. The second-order valence-corrected chi connectivity index (χ2v) is 6.76. The fraction of sp³-hybridized carbons (Fsp3) is 0.625. The fourth-order valence-electron chi connectivity index (χ4n) is 2.39. The van der Waals surface area contributed by atoms with Crippen LogP contribution in [0.15, 0.2) is 18.3 Å². The Morgan fingerprint density at radius 3 is 2.81 bits per heavy atom. The number of carbonyl (C=O) groups is 1. The van der Waals surface area contributed by atoms with Gasteiger partial charge < -0.3 is 15.7 Å². The molecule has 0 aromatic carbocycles. The summed E-state index contributed by atoms with van der Waals surface area (Å²) in [6.45, 7) is 6.28. The molecule has 0 spiro atoms. The quantitative estimate of drug-likeness (QED) is 0.794. The largest absolute Gasteiger partial charge is 0.393 e. The molecule has 1 aliphatic carbocycles. The van der Waals surface area contributed by atoms with Crippen LogP contribution in [-0.4, -0.2) is 28.1 Å². The minimum Gasteiger partial charge on any atom is -0.393 e. The number of nitrogens with one attached hydrogen (secondary N) is 2. The Balaban J connectivity index is 1.98. The van der Waals surface area contributed by atoms with Crippen molar-refractivity contribution in [2.45, 2.75) is 58.7 Å². The van der Waals surface area contributed by atoms with Gasteiger partial charge in [-0.3, -0.25) is 4.79 Å². The lowest BCUT2D eigenvalue weighted by Gasteiger charge is -2.19. The minimum absolute atomic E-state index is 0.0428. The number of rotatable bonds is 4. The SMILES string of the molecule is CC(C)(C)C(=O)Nc1ncccc1CN[C@@H]1CC[C@H](O)C1. The van der Waals surface area contributed by atoms with Crippen molar-refractivity contribution < 1.29 is 9.90 Å². The zero-order valence-corrected chi connectivity index (χ0v) is 13.0. The molecule has 21 heavy (non-hydrogen) atoms. The van der Waals surface area contributed by atoms with Crippen molar-refractivity contribution in [3.63, 3.8) is 0 Å². The lowest BCUT2D eigenvalue weighted by atomic mass is 9.95. The van der Waals surface area contributed by atoms with E-state index >= 15 is 0 Å². The van der Waals surface area contributed by atoms with E-state index in [1.807, 2.05) is 32.9 Å². The van der Waals surface area contributed by atoms with E-state index in [-0.39, 0.29) is 12.0 Å². The first kappa shape index (κ1) is 15.9. The van der Waals surface area contributed by atoms with Gasteiger partial charge in [0.25, 0.3) is 0 Å². The summed E-state index contributed by atoms with van der Waals surface area (Å²) in [6.07, 6.45) is 4.14. The molecule has 3 N–H and O–H groups in total. The number of pyridine rings is 1. The van der Waals surface area contributed by atoms with Crippen LogP contribution in [0, 0.1) is 5.41 Å². The second-order valence-electron chi connectivity index (χ2n) is 6.76. The summed E-state index contributed by atoms with van der Waals surface area (Å²) in [5.74, 6) is 0.571. The van der Waals surface area contributed by atoms with E-state index in [9.17, 15) is 9.90 Å². The van der Waals surface area contributed by atoms with Crippen molar-refractivity contribution in [1.82, 2.24) is 10.3 Å². The molecule has 0 radical (unpaired) electrons. The topological polar surface area (TPSA) is 74.2 Å². The van der Waals surface area contributed by atoms with Gasteiger partial charge in [0.05, 0.1) is 6.10 Å². The summed E-state index contributed by atoms with van der Waals surface area (Å²) in [4.78, 5) is 16.4. The number of carbonyl (C=O) groups excluding carboxylic acids is 1. The smallest absolute Gasteiger partial charge is 0.230 e. The number of aliphatic hydroxyl groups is 1. The van der Waals surface area contributed by atoms with Crippen LogP contribution >= 0.6 is 0 Å². The highest BCUT2D eigenvalue weighted by Crippen LogP contribution is 2.21. The lowest BCUT2D eigenvalue weighted by molar-refractivity contribution is -0.123. The molecule has 116 valence electrons. The van der Waals surface area contributed by atoms with Gasteiger partial charge in [-0.2, -0.15) is 0 Å². The van der Waals surface area contributed by atoms with Crippen LogP contribution in [0.4, 0.5) is 5.82 Å². The molecule has 0 bridgehead atoms. The van der Waals surface area contributed by atoms with Gasteiger partial charge in [0, 0.05) is 29.8 Å². The number of anilines is 1. The van der Waals surface area contributed by atoms with Gasteiger partial charge in [0.1, 0.15) is 5.82 Å². The molecule has 2 atom stereocenters. The van der Waals surface area contributed by atoms with Crippen molar-refractivity contribution in [3.8, 4) is 0 Å². The van der Waals surface area contributed by atoms with Crippen molar-refractivity contribution in [2.24, 2.45) is 5.41 Å². The average molecular weight is 291 g/mol. The fourth-order valence-corrected chi connectivity index (χ4v) is 2.39. The number of aliphatic hydroxyl groups excluding tert-OH is 1. The van der Waals surface area contributed by atoms with Crippen LogP contribution in [0.5, 0.6) is 0 Å². The highest BCUT2D eigenvalue weighted by Gasteiger charge is 2.24. The van der Waals surface area contributed by atoms with E-state index in [1.54, 1.807) is 6.20 Å². The molecule has 5 heteroatoms. The summed E-state index contributed by atoms with van der Waals surface area (Å²) in [5, 5.41) is 15.9. The molecule has 1 aromatic rings. The number of aromatic nitrogens is 1. The number of amides is 1. The maximum absolute atomic E-state index is 12.1. The van der Waals surface area contributed by atoms with E-state index in [0.717, 1.165) is 24.8 Å². The normalized spacial score (nSPS) is 22.3. The van der Waals surface area contributed by atoms with Gasteiger partial charge in [-0.25, -0.2) is 4.98 Å². The molecular formula is C16H25N3O2. The third kappa shape index (κ3) is 4.51. The lowest BCUT2D eigenvalue weighted by Crippen LogP contribution is -2.30. The molecule has 5 nitrogen and oxygen atoms in total. The third-order valence-electron chi connectivity index (χ3n) is 3.79. The predicted molar refractivity (Wildman–Crippen MR) is 82.8 cm³/mol. The van der Waals surface area contributed by atoms with Gasteiger partial charge in [-0.05, 0) is 25.3 Å². The van der Waals surface area contributed by atoms with Crippen LogP contribution in [0.25, 0.3) is 0 Å². The Morgan fingerprint density at radius 1 is 1.43 bits per heavy atom. The van der Waals surface area contributed by atoms with Crippen LogP contribution in [0.1, 0.15) is 45.6 Å². The Bertz CT molecular complexity index is 497. The molecule has 0 saturated heterocycles. The Labute approximate surface area is 126 Å². The van der Waals surface area contributed by atoms with Crippen molar-refractivity contribution >= 4 is 11.7 Å². The summed E-state index contributed by atoms with van der Waals surface area (Å²) >= 11 is 0. The first-order valence-corrected chi connectivity index (χ1v) is 7.53. The molecule has 1 amide bonds. The van der Waals surface area contributed by atoms with Gasteiger partial charge in [-0.15, -0.1) is 0 Å². The molecule has 1 aliphatic rings. The molecular weight excluding hydrogens is 266 g/mol. The van der Waals surface area contributed by atoms with Crippen LogP contribution in [0.3, 0.4) is 0 Å². The number of hydrogen-bond donors (Lipinski definition) is 3. The van der Waals surface area contributed by atoms with Gasteiger partial charge >= 0.3 is 0 Å². The molecule has 2 rings (SSSR count). The highest BCUT2D eigenvalue weighted by atomic mass is 16.3. The van der Waals surface area contributed by atoms with E-state index in [0.29, 0.717) is 18.4 Å². The molecule has 1 saturated carbocycles. The molecule has 1 aromatic heterocycles. The minimum atomic E-state index is -0.447. The summed E-state index contributed by atoms with van der Waals surface area (Å²) in [5.41, 5.74) is 0.522. The first-order valence-electron chi connectivity index (χ1n) is 7.53. The van der Waals surface area contributed by atoms with Crippen LogP contribution < -0.4 is 10.6 Å². The van der Waals surface area contributed by atoms with Crippen LogP contribution in [-0.2, 0) is 11.3 Å². The standard InChI is InChI=1S/C16H25N3O2/c1-16(2,3)15(21)19-14-11(5-4-8-17-14)10-18-12-6-7-13(20)9-12/h4-5,8,12-13,18,20H,6-7,9-10H2,1-3H3,(H,17,19,21)/t12-,13+/m1/s1. The van der Waals surface area contributed by atoms with Crippen molar-refractivity contribution in [2.75, 3.05) is 5.32 Å². The monoisotopic (exact) mass is 291 g/mol. The average Bonchev–Trinajstić information content (AvgIpc) is 2.82. The Kier molecular flexibility index (Phi) is 4.96. The van der Waals surface area contributed by atoms with E-state index in [2.05, 4.69) is 15.6 Å². The molecule has 0 unspecified atom stereocenters. The maximum atomic E-state index is 12.1. The summed E-state index contributed by atoms with van der Waals surface area (Å²) in [6, 6.07) is 4.17. The van der Waals surface area contributed by atoms with Gasteiger partial charge in [-0.1, -0.05) is 26.8 Å². The Hall–Kier alpha value is -1.46. The van der Waals surface area contributed by atoms with Gasteiger partial charge in [0.15, 0.2) is 0 Å².